The molecule has 0 bridgehead atoms. The maximum Gasteiger partial charge on any atom is 0.360 e. The number of ether oxygens (including phenoxy) is 1. The number of methoxy groups -OCH3 is 1. The van der Waals surface area contributed by atoms with Crippen LogP contribution >= 0.6 is 11.3 Å². The molecule has 5 rings (SSSR count). The number of hydrogen-bond acceptors (Lipinski definition) is 8. The van der Waals surface area contributed by atoms with Crippen molar-refractivity contribution < 1.29 is 18.7 Å². The van der Waals surface area contributed by atoms with Gasteiger partial charge in [-0.2, -0.15) is 11.3 Å². The molecule has 4 heterocycles. The quantitative estimate of drug-likeness (QED) is 0.483. The van der Waals surface area contributed by atoms with E-state index in [0.29, 0.717) is 45.7 Å². The third kappa shape index (κ3) is 5.06. The van der Waals surface area contributed by atoms with Gasteiger partial charge in [-0.25, -0.2) is 13.9 Å². The fourth-order valence-corrected chi connectivity index (χ4v) is 5.48. The summed E-state index contributed by atoms with van der Waals surface area (Å²) in [5, 5.41) is 12.2. The number of hydrogen-bond donors (Lipinski definition) is 0. The highest BCUT2D eigenvalue weighted by Gasteiger charge is 2.40. The minimum atomic E-state index is -0.531. The van der Waals surface area contributed by atoms with Crippen molar-refractivity contribution in [3.8, 4) is 0 Å². The van der Waals surface area contributed by atoms with Crippen LogP contribution in [0.3, 0.4) is 0 Å². The number of aromatic nitrogens is 3. The molecule has 1 aromatic carbocycles. The van der Waals surface area contributed by atoms with Crippen LogP contribution in [0.4, 0.5) is 10.1 Å². The summed E-state index contributed by atoms with van der Waals surface area (Å²) in [5.74, 6) is -0.680. The second-order valence-corrected chi connectivity index (χ2v) is 9.61. The molecule has 0 unspecified atom stereocenters. The highest BCUT2D eigenvalue weighted by atomic mass is 32.1. The van der Waals surface area contributed by atoms with Crippen molar-refractivity contribution in [2.75, 3.05) is 44.7 Å². The van der Waals surface area contributed by atoms with E-state index < -0.39 is 5.97 Å². The predicted molar refractivity (Wildman–Crippen MR) is 129 cm³/mol. The van der Waals surface area contributed by atoms with Gasteiger partial charge in [0.25, 0.3) is 0 Å². The molecular weight excluding hydrogens is 471 g/mol. The van der Waals surface area contributed by atoms with Gasteiger partial charge in [-0.15, -0.1) is 5.10 Å². The number of piperazine rings is 1. The first kappa shape index (κ1) is 23.4. The summed E-state index contributed by atoms with van der Waals surface area (Å²) >= 11 is 1.64. The molecule has 0 N–H and O–H groups in total. The van der Waals surface area contributed by atoms with E-state index in [1.165, 1.54) is 24.8 Å². The summed E-state index contributed by atoms with van der Waals surface area (Å²) in [7, 11) is 1.31. The number of likely N-dealkylation sites (tertiary alicyclic amines) is 1. The number of halogens is 1. The lowest BCUT2D eigenvalue weighted by Crippen LogP contribution is -2.53. The molecular formula is C24H27FN6O3S. The number of carbonyl (C=O) groups excluding carboxylic acids is 2. The number of carbonyl (C=O) groups is 2. The van der Waals surface area contributed by atoms with Crippen molar-refractivity contribution in [3.63, 3.8) is 0 Å². The zero-order valence-corrected chi connectivity index (χ0v) is 20.2. The number of amides is 1. The monoisotopic (exact) mass is 498 g/mol. The number of esters is 1. The standard InChI is InChI=1S/C24H27FN6O3S/c1-34-24(33)21-15-31(27-26-21)20-12-22(30(14-20)13-17-6-11-35-16-17)23(32)29-9-7-28(8-10-29)19-4-2-18(25)3-5-19/h2-6,11,15-16,20,22H,7-10,12-14H2,1H3/t20-,22-/m0/s1. The molecule has 9 nitrogen and oxygen atoms in total. The molecule has 3 aromatic rings. The molecule has 2 fully saturated rings. The Morgan fingerprint density at radius 3 is 2.60 bits per heavy atom. The number of benzene rings is 1. The molecule has 35 heavy (non-hydrogen) atoms. The fraction of sp³-hybridized carbons (Fsp3) is 0.417. The van der Waals surface area contributed by atoms with E-state index in [4.69, 9.17) is 4.74 Å². The normalized spacial score (nSPS) is 20.9. The van der Waals surface area contributed by atoms with Crippen molar-refractivity contribution in [1.29, 1.82) is 0 Å². The first-order valence-corrected chi connectivity index (χ1v) is 12.5. The van der Waals surface area contributed by atoms with Crippen molar-refractivity contribution >= 4 is 28.9 Å². The summed E-state index contributed by atoms with van der Waals surface area (Å²) in [6, 6.07) is 8.19. The molecule has 2 saturated heterocycles. The van der Waals surface area contributed by atoms with Gasteiger partial charge in [0.05, 0.1) is 25.4 Å². The van der Waals surface area contributed by atoms with E-state index in [1.807, 2.05) is 10.3 Å². The van der Waals surface area contributed by atoms with Crippen molar-refractivity contribution in [2.24, 2.45) is 0 Å². The Hall–Kier alpha value is -3.31. The Balaban J connectivity index is 1.28. The van der Waals surface area contributed by atoms with Crippen LogP contribution in [0.15, 0.2) is 47.3 Å². The second kappa shape index (κ2) is 10.1. The predicted octanol–water partition coefficient (Wildman–Crippen LogP) is 2.43. The van der Waals surface area contributed by atoms with Crippen LogP contribution in [0, 0.1) is 5.82 Å². The molecule has 2 aromatic heterocycles. The van der Waals surface area contributed by atoms with Crippen LogP contribution in [0.5, 0.6) is 0 Å². The van der Waals surface area contributed by atoms with E-state index in [9.17, 15) is 14.0 Å². The van der Waals surface area contributed by atoms with Gasteiger partial charge >= 0.3 is 5.97 Å². The Labute approximate surface area is 206 Å². The largest absolute Gasteiger partial charge is 0.464 e. The minimum Gasteiger partial charge on any atom is -0.464 e. The lowest BCUT2D eigenvalue weighted by Gasteiger charge is -2.38. The van der Waals surface area contributed by atoms with Crippen LogP contribution in [0.1, 0.15) is 28.5 Å². The molecule has 2 aliphatic heterocycles. The maximum absolute atomic E-state index is 13.7. The molecule has 1 amide bonds. The third-order valence-corrected chi connectivity index (χ3v) is 7.43. The lowest BCUT2D eigenvalue weighted by atomic mass is 10.1. The summed E-state index contributed by atoms with van der Waals surface area (Å²) in [6.45, 7) is 3.92. The number of thiophene rings is 1. The zero-order valence-electron chi connectivity index (χ0n) is 19.4. The SMILES string of the molecule is COC(=O)c1cn([C@H]2C[C@@H](C(=O)N3CCN(c4ccc(F)cc4)CC3)N(Cc3ccsc3)C2)nn1. The first-order chi connectivity index (χ1) is 17.0. The molecule has 0 radical (unpaired) electrons. The van der Waals surface area contributed by atoms with Gasteiger partial charge in [-0.1, -0.05) is 5.21 Å². The minimum absolute atomic E-state index is 0.0750. The van der Waals surface area contributed by atoms with Gasteiger partial charge < -0.3 is 14.5 Å². The Kier molecular flexibility index (Phi) is 6.78. The number of nitrogens with zero attached hydrogens (tertiary/aromatic N) is 6. The lowest BCUT2D eigenvalue weighted by molar-refractivity contribution is -0.136. The van der Waals surface area contributed by atoms with Gasteiger partial charge in [0.15, 0.2) is 5.69 Å². The first-order valence-electron chi connectivity index (χ1n) is 11.6. The van der Waals surface area contributed by atoms with E-state index in [-0.39, 0.29) is 29.5 Å². The summed E-state index contributed by atoms with van der Waals surface area (Å²) in [6.07, 6.45) is 2.18. The smallest absolute Gasteiger partial charge is 0.360 e. The molecule has 0 aliphatic carbocycles. The van der Waals surface area contributed by atoms with E-state index >= 15 is 0 Å². The van der Waals surface area contributed by atoms with Crippen LogP contribution in [0.2, 0.25) is 0 Å². The molecule has 11 heteroatoms. The van der Waals surface area contributed by atoms with Gasteiger partial charge in [0, 0.05) is 45.0 Å². The molecule has 0 saturated carbocycles. The van der Waals surface area contributed by atoms with E-state index in [1.54, 1.807) is 34.3 Å². The van der Waals surface area contributed by atoms with Crippen molar-refractivity contribution in [3.05, 3.63) is 64.4 Å². The molecule has 2 atom stereocenters. The molecule has 0 spiro atoms. The average molecular weight is 499 g/mol. The van der Waals surface area contributed by atoms with E-state index in [0.717, 1.165) is 5.69 Å². The molecule has 2 aliphatic rings. The number of rotatable bonds is 6. The zero-order chi connectivity index (χ0) is 24.4. The van der Waals surface area contributed by atoms with Crippen LogP contribution in [-0.2, 0) is 16.1 Å². The second-order valence-electron chi connectivity index (χ2n) is 8.83. The van der Waals surface area contributed by atoms with Crippen LogP contribution in [0.25, 0.3) is 0 Å². The molecule has 184 valence electrons. The van der Waals surface area contributed by atoms with Gasteiger partial charge in [-0.05, 0) is 53.1 Å². The fourth-order valence-electron chi connectivity index (χ4n) is 4.82. The van der Waals surface area contributed by atoms with E-state index in [2.05, 4.69) is 31.6 Å². The maximum atomic E-state index is 13.7. The Morgan fingerprint density at radius 1 is 1.14 bits per heavy atom. The highest BCUT2D eigenvalue weighted by molar-refractivity contribution is 7.07. The summed E-state index contributed by atoms with van der Waals surface area (Å²) < 4.78 is 19.7. The van der Waals surface area contributed by atoms with Crippen LogP contribution < -0.4 is 4.90 Å². The topological polar surface area (TPSA) is 83.8 Å². The summed E-state index contributed by atoms with van der Waals surface area (Å²) in [4.78, 5) is 31.8. The number of anilines is 1. The van der Waals surface area contributed by atoms with Crippen molar-refractivity contribution in [1.82, 2.24) is 24.8 Å². The van der Waals surface area contributed by atoms with Gasteiger partial charge in [-0.3, -0.25) is 9.69 Å². The van der Waals surface area contributed by atoms with Gasteiger partial charge in [0.1, 0.15) is 5.82 Å². The Morgan fingerprint density at radius 2 is 1.91 bits per heavy atom. The highest BCUT2D eigenvalue weighted by Crippen LogP contribution is 2.31. The van der Waals surface area contributed by atoms with Crippen LogP contribution in [-0.4, -0.2) is 82.5 Å². The third-order valence-electron chi connectivity index (χ3n) is 6.69. The average Bonchev–Trinajstić information content (AvgIpc) is 3.65. The summed E-state index contributed by atoms with van der Waals surface area (Å²) in [5.41, 5.74) is 2.29. The Bertz CT molecular complexity index is 1160. The van der Waals surface area contributed by atoms with Crippen molar-refractivity contribution in [2.45, 2.75) is 25.0 Å². The van der Waals surface area contributed by atoms with Gasteiger partial charge in [0.2, 0.25) is 5.91 Å².